The summed E-state index contributed by atoms with van der Waals surface area (Å²) in [6.45, 7) is 1.04. The summed E-state index contributed by atoms with van der Waals surface area (Å²) in [4.78, 5) is 25.8. The van der Waals surface area contributed by atoms with Gasteiger partial charge in [0.2, 0.25) is 5.91 Å². The second kappa shape index (κ2) is 7.36. The molecule has 6 heteroatoms. The van der Waals surface area contributed by atoms with Crippen molar-refractivity contribution in [3.63, 3.8) is 0 Å². The number of hydrogen-bond donors (Lipinski definition) is 2. The Labute approximate surface area is 145 Å². The zero-order chi connectivity index (χ0) is 16.9. The summed E-state index contributed by atoms with van der Waals surface area (Å²) in [5, 5.41) is 6.23. The number of hydrogen-bond acceptors (Lipinski definition) is 2. The maximum Gasteiger partial charge on any atom is 0.319 e. The predicted molar refractivity (Wildman–Crippen MR) is 95.4 cm³/mol. The normalized spacial score (nSPS) is 17.0. The first-order valence-corrected chi connectivity index (χ1v) is 8.15. The number of rotatable bonds is 4. The van der Waals surface area contributed by atoms with Gasteiger partial charge in [0.15, 0.2) is 0 Å². The molecule has 3 amide bonds. The molecule has 0 unspecified atom stereocenters. The lowest BCUT2D eigenvalue weighted by atomic mass is 10.1. The van der Waals surface area contributed by atoms with E-state index < -0.39 is 0 Å². The number of anilines is 2. The molecule has 0 saturated carbocycles. The van der Waals surface area contributed by atoms with E-state index >= 15 is 0 Å². The second-order valence-corrected chi connectivity index (χ2v) is 6.19. The third kappa shape index (κ3) is 4.06. The van der Waals surface area contributed by atoms with E-state index in [1.54, 1.807) is 17.0 Å². The molecule has 2 N–H and O–H groups in total. The molecule has 1 saturated heterocycles. The van der Waals surface area contributed by atoms with Crippen molar-refractivity contribution in [2.75, 3.05) is 23.3 Å². The van der Waals surface area contributed by atoms with Crippen molar-refractivity contribution < 1.29 is 9.59 Å². The predicted octanol–water partition coefficient (Wildman–Crippen LogP) is 3.51. The van der Waals surface area contributed by atoms with Crippen LogP contribution in [0.4, 0.5) is 16.2 Å². The number of nitrogens with zero attached hydrogens (tertiary/aromatic N) is 1. The van der Waals surface area contributed by atoms with Crippen LogP contribution in [0.15, 0.2) is 54.6 Å². The van der Waals surface area contributed by atoms with Crippen molar-refractivity contribution in [1.29, 1.82) is 0 Å². The van der Waals surface area contributed by atoms with Crippen molar-refractivity contribution >= 4 is 34.9 Å². The molecular weight excluding hydrogens is 326 g/mol. The molecule has 2 aromatic rings. The summed E-state index contributed by atoms with van der Waals surface area (Å²) in [6, 6.07) is 16.2. The van der Waals surface area contributed by atoms with Gasteiger partial charge in [0.25, 0.3) is 0 Å². The van der Waals surface area contributed by atoms with E-state index in [-0.39, 0.29) is 17.9 Å². The minimum atomic E-state index is -0.265. The number of carbonyl (C=O) groups is 2. The summed E-state index contributed by atoms with van der Waals surface area (Å²) in [7, 11) is 0. The highest BCUT2D eigenvalue weighted by molar-refractivity contribution is 6.30. The maximum absolute atomic E-state index is 12.2. The van der Waals surface area contributed by atoms with Gasteiger partial charge in [0.05, 0.1) is 0 Å². The molecule has 1 atom stereocenters. The van der Waals surface area contributed by atoms with Crippen LogP contribution in [0.3, 0.4) is 0 Å². The van der Waals surface area contributed by atoms with Crippen LogP contribution in [0.2, 0.25) is 5.02 Å². The van der Waals surface area contributed by atoms with E-state index in [1.165, 1.54) is 0 Å². The SMILES string of the molecule is O=C(NC[C@@H]1CC(=O)N(c2ccc(Cl)cc2)C1)Nc1ccccc1. The van der Waals surface area contributed by atoms with E-state index in [4.69, 9.17) is 11.6 Å². The lowest BCUT2D eigenvalue weighted by Gasteiger charge is -2.17. The average molecular weight is 344 g/mol. The third-order valence-corrected chi connectivity index (χ3v) is 4.18. The van der Waals surface area contributed by atoms with Crippen LogP contribution in [-0.2, 0) is 4.79 Å². The Balaban J connectivity index is 1.51. The summed E-state index contributed by atoms with van der Waals surface area (Å²) in [5.74, 6) is 0.155. The molecule has 3 rings (SSSR count). The Morgan fingerprint density at radius 2 is 1.83 bits per heavy atom. The van der Waals surface area contributed by atoms with Gasteiger partial charge in [-0.15, -0.1) is 0 Å². The van der Waals surface area contributed by atoms with Crippen molar-refractivity contribution in [3.05, 3.63) is 59.6 Å². The first-order chi connectivity index (χ1) is 11.6. The molecule has 2 aromatic carbocycles. The molecule has 0 aliphatic carbocycles. The molecule has 1 heterocycles. The van der Waals surface area contributed by atoms with Gasteiger partial charge in [-0.25, -0.2) is 4.79 Å². The van der Waals surface area contributed by atoms with Crippen molar-refractivity contribution in [1.82, 2.24) is 5.32 Å². The standard InChI is InChI=1S/C18H18ClN3O2/c19-14-6-8-16(9-7-14)22-12-13(10-17(22)23)11-20-18(24)21-15-4-2-1-3-5-15/h1-9,13H,10-12H2,(H2,20,21,24)/t13-/m0/s1. The number of halogens is 1. The van der Waals surface area contributed by atoms with E-state index in [1.807, 2.05) is 42.5 Å². The van der Waals surface area contributed by atoms with E-state index in [0.29, 0.717) is 24.5 Å². The van der Waals surface area contributed by atoms with Crippen LogP contribution in [0.25, 0.3) is 0 Å². The van der Waals surface area contributed by atoms with Gasteiger partial charge in [-0.05, 0) is 36.4 Å². The maximum atomic E-state index is 12.2. The van der Waals surface area contributed by atoms with Crippen molar-refractivity contribution in [2.45, 2.75) is 6.42 Å². The number of benzene rings is 2. The van der Waals surface area contributed by atoms with Gasteiger partial charge in [-0.1, -0.05) is 29.8 Å². The molecule has 1 fully saturated rings. The first-order valence-electron chi connectivity index (χ1n) is 7.77. The van der Waals surface area contributed by atoms with Crippen molar-refractivity contribution in [2.24, 2.45) is 5.92 Å². The Morgan fingerprint density at radius 3 is 2.54 bits per heavy atom. The highest BCUT2D eigenvalue weighted by Gasteiger charge is 2.30. The Bertz CT molecular complexity index is 719. The summed E-state index contributed by atoms with van der Waals surface area (Å²) in [6.07, 6.45) is 0.425. The molecule has 24 heavy (non-hydrogen) atoms. The molecule has 0 aromatic heterocycles. The molecule has 5 nitrogen and oxygen atoms in total. The lowest BCUT2D eigenvalue weighted by Crippen LogP contribution is -2.34. The first kappa shape index (κ1) is 16.3. The van der Waals surface area contributed by atoms with Crippen LogP contribution < -0.4 is 15.5 Å². The van der Waals surface area contributed by atoms with Crippen LogP contribution in [0.5, 0.6) is 0 Å². The Hall–Kier alpha value is -2.53. The molecule has 0 radical (unpaired) electrons. The zero-order valence-electron chi connectivity index (χ0n) is 13.0. The molecule has 0 spiro atoms. The highest BCUT2D eigenvalue weighted by Crippen LogP contribution is 2.25. The molecule has 0 bridgehead atoms. The quantitative estimate of drug-likeness (QED) is 0.892. The topological polar surface area (TPSA) is 61.4 Å². The van der Waals surface area contributed by atoms with Crippen LogP contribution in [0, 0.1) is 5.92 Å². The van der Waals surface area contributed by atoms with Gasteiger partial charge in [-0.2, -0.15) is 0 Å². The van der Waals surface area contributed by atoms with Crippen LogP contribution in [-0.4, -0.2) is 25.0 Å². The van der Waals surface area contributed by atoms with E-state index in [2.05, 4.69) is 10.6 Å². The van der Waals surface area contributed by atoms with Gasteiger partial charge >= 0.3 is 6.03 Å². The van der Waals surface area contributed by atoms with Gasteiger partial charge in [0.1, 0.15) is 0 Å². The zero-order valence-corrected chi connectivity index (χ0v) is 13.8. The lowest BCUT2D eigenvalue weighted by molar-refractivity contribution is -0.117. The third-order valence-electron chi connectivity index (χ3n) is 3.93. The van der Waals surface area contributed by atoms with Crippen LogP contribution in [0.1, 0.15) is 6.42 Å². The van der Waals surface area contributed by atoms with E-state index in [0.717, 1.165) is 11.4 Å². The fourth-order valence-corrected chi connectivity index (χ4v) is 2.85. The monoisotopic (exact) mass is 343 g/mol. The van der Waals surface area contributed by atoms with Crippen LogP contribution >= 0.6 is 11.6 Å². The number of amides is 3. The molecule has 124 valence electrons. The second-order valence-electron chi connectivity index (χ2n) is 5.75. The molecule has 1 aliphatic heterocycles. The summed E-state index contributed by atoms with van der Waals surface area (Å²) >= 11 is 5.88. The Kier molecular flexibility index (Phi) is 5.01. The minimum Gasteiger partial charge on any atom is -0.338 e. The number of urea groups is 1. The van der Waals surface area contributed by atoms with Gasteiger partial charge in [-0.3, -0.25) is 4.79 Å². The van der Waals surface area contributed by atoms with E-state index in [9.17, 15) is 9.59 Å². The average Bonchev–Trinajstić information content (AvgIpc) is 2.95. The summed E-state index contributed by atoms with van der Waals surface area (Å²) < 4.78 is 0. The smallest absolute Gasteiger partial charge is 0.319 e. The number of carbonyl (C=O) groups excluding carboxylic acids is 2. The molecular formula is C18H18ClN3O2. The summed E-state index contributed by atoms with van der Waals surface area (Å²) in [5.41, 5.74) is 1.57. The molecule has 1 aliphatic rings. The largest absolute Gasteiger partial charge is 0.338 e. The highest BCUT2D eigenvalue weighted by atomic mass is 35.5. The van der Waals surface area contributed by atoms with Gasteiger partial charge < -0.3 is 15.5 Å². The van der Waals surface area contributed by atoms with Gasteiger partial charge in [0, 0.05) is 41.8 Å². The Morgan fingerprint density at radius 1 is 1.12 bits per heavy atom. The fraction of sp³-hybridized carbons (Fsp3) is 0.222. The minimum absolute atomic E-state index is 0.0626. The number of nitrogens with one attached hydrogen (secondary N) is 2. The number of para-hydroxylation sites is 1. The van der Waals surface area contributed by atoms with Crippen molar-refractivity contribution in [3.8, 4) is 0 Å². The fourth-order valence-electron chi connectivity index (χ4n) is 2.72.